The first-order chi connectivity index (χ1) is 13.5. The Balaban J connectivity index is 1.56. The quantitative estimate of drug-likeness (QED) is 0.673. The van der Waals surface area contributed by atoms with Crippen molar-refractivity contribution in [3.8, 4) is 11.5 Å². The minimum atomic E-state index is -3.44. The van der Waals surface area contributed by atoms with Crippen LogP contribution < -0.4 is 9.47 Å². The predicted molar refractivity (Wildman–Crippen MR) is 107 cm³/mol. The van der Waals surface area contributed by atoms with E-state index in [1.807, 2.05) is 25.1 Å². The van der Waals surface area contributed by atoms with Crippen molar-refractivity contribution >= 4 is 10.0 Å². The Kier molecular flexibility index (Phi) is 6.61. The average Bonchev–Trinajstić information content (AvgIpc) is 3.22. The van der Waals surface area contributed by atoms with E-state index in [0.717, 1.165) is 37.2 Å². The summed E-state index contributed by atoms with van der Waals surface area (Å²) in [5, 5.41) is 4.09. The molecule has 28 heavy (non-hydrogen) atoms. The van der Waals surface area contributed by atoms with Crippen LogP contribution in [0.15, 0.2) is 35.5 Å². The Hall–Kier alpha value is -2.06. The van der Waals surface area contributed by atoms with E-state index in [1.54, 1.807) is 29.4 Å². The van der Waals surface area contributed by atoms with Gasteiger partial charge in [-0.15, -0.1) is 0 Å². The first-order valence-corrected chi connectivity index (χ1v) is 11.1. The molecule has 1 aliphatic heterocycles. The SMILES string of the molecule is CCn1cc(S(=O)(=O)N2CCC(CCc3cc(OC)cc(OC)c3)CC2)cn1. The Morgan fingerprint density at radius 2 is 1.75 bits per heavy atom. The molecule has 1 aromatic carbocycles. The number of nitrogens with zero attached hydrogens (tertiary/aromatic N) is 3. The van der Waals surface area contributed by atoms with Crippen molar-refractivity contribution in [2.75, 3.05) is 27.3 Å². The van der Waals surface area contributed by atoms with Gasteiger partial charge in [-0.1, -0.05) is 0 Å². The maximum absolute atomic E-state index is 12.8. The van der Waals surface area contributed by atoms with Gasteiger partial charge in [-0.2, -0.15) is 9.40 Å². The predicted octanol–water partition coefficient (Wildman–Crippen LogP) is 2.95. The zero-order chi connectivity index (χ0) is 20.1. The van der Waals surface area contributed by atoms with E-state index in [4.69, 9.17) is 9.47 Å². The highest BCUT2D eigenvalue weighted by molar-refractivity contribution is 7.89. The van der Waals surface area contributed by atoms with Crippen molar-refractivity contribution in [1.82, 2.24) is 14.1 Å². The van der Waals surface area contributed by atoms with Crippen molar-refractivity contribution < 1.29 is 17.9 Å². The Morgan fingerprint density at radius 3 is 2.29 bits per heavy atom. The van der Waals surface area contributed by atoms with Gasteiger partial charge < -0.3 is 9.47 Å². The molecule has 7 nitrogen and oxygen atoms in total. The molecular weight excluding hydrogens is 378 g/mol. The molecule has 0 spiro atoms. The van der Waals surface area contributed by atoms with Gasteiger partial charge in [0, 0.05) is 31.9 Å². The number of sulfonamides is 1. The van der Waals surface area contributed by atoms with Gasteiger partial charge in [-0.3, -0.25) is 4.68 Å². The Morgan fingerprint density at radius 1 is 1.11 bits per heavy atom. The molecule has 1 aromatic heterocycles. The highest BCUT2D eigenvalue weighted by atomic mass is 32.2. The van der Waals surface area contributed by atoms with Crippen molar-refractivity contribution in [1.29, 1.82) is 0 Å². The molecule has 154 valence electrons. The molecule has 0 bridgehead atoms. The van der Waals surface area contributed by atoms with Crippen molar-refractivity contribution in [3.05, 3.63) is 36.2 Å². The van der Waals surface area contributed by atoms with Crippen LogP contribution in [0, 0.1) is 5.92 Å². The van der Waals surface area contributed by atoms with Gasteiger partial charge in [-0.25, -0.2) is 8.42 Å². The van der Waals surface area contributed by atoms with Crippen LogP contribution in [-0.2, 0) is 23.0 Å². The van der Waals surface area contributed by atoms with Gasteiger partial charge in [0.1, 0.15) is 16.4 Å². The molecule has 2 heterocycles. The van der Waals surface area contributed by atoms with Gasteiger partial charge in [0.25, 0.3) is 0 Å². The summed E-state index contributed by atoms with van der Waals surface area (Å²) < 4.78 is 39.5. The van der Waals surface area contributed by atoms with Crippen LogP contribution in [0.1, 0.15) is 31.7 Å². The molecule has 3 rings (SSSR count). The molecular formula is C20H29N3O4S. The summed E-state index contributed by atoms with van der Waals surface area (Å²) in [5.41, 5.74) is 1.18. The van der Waals surface area contributed by atoms with E-state index < -0.39 is 10.0 Å². The zero-order valence-corrected chi connectivity index (χ0v) is 17.6. The standard InChI is InChI=1S/C20H29N3O4S/c1-4-22-15-20(14-21-22)28(24,25)23-9-7-16(8-10-23)5-6-17-11-18(26-2)13-19(12-17)27-3/h11-16H,4-10H2,1-3H3. The lowest BCUT2D eigenvalue weighted by Crippen LogP contribution is -2.38. The van der Waals surface area contributed by atoms with Crippen molar-refractivity contribution in [3.63, 3.8) is 0 Å². The third-order valence-corrected chi connectivity index (χ3v) is 7.25. The summed E-state index contributed by atoms with van der Waals surface area (Å²) in [5.74, 6) is 2.10. The molecule has 1 saturated heterocycles. The Labute approximate surface area is 167 Å². The highest BCUT2D eigenvalue weighted by Crippen LogP contribution is 2.28. The van der Waals surface area contributed by atoms with E-state index in [9.17, 15) is 8.42 Å². The second-order valence-corrected chi connectivity index (χ2v) is 9.08. The molecule has 0 unspecified atom stereocenters. The second-order valence-electron chi connectivity index (χ2n) is 7.14. The first-order valence-electron chi connectivity index (χ1n) is 9.70. The second kappa shape index (κ2) is 8.96. The fourth-order valence-corrected chi connectivity index (χ4v) is 5.04. The van der Waals surface area contributed by atoms with E-state index >= 15 is 0 Å². The molecule has 1 aliphatic rings. The third kappa shape index (κ3) is 4.67. The molecule has 0 saturated carbocycles. The summed E-state index contributed by atoms with van der Waals surface area (Å²) in [6.07, 6.45) is 6.76. The number of piperidine rings is 1. The van der Waals surface area contributed by atoms with Crippen molar-refractivity contribution in [2.45, 2.75) is 44.0 Å². The fraction of sp³-hybridized carbons (Fsp3) is 0.550. The van der Waals surface area contributed by atoms with E-state index in [-0.39, 0.29) is 4.90 Å². The zero-order valence-electron chi connectivity index (χ0n) is 16.8. The number of rotatable bonds is 8. The molecule has 8 heteroatoms. The number of aryl methyl sites for hydroxylation is 2. The lowest BCUT2D eigenvalue weighted by Gasteiger charge is -2.31. The first kappa shape index (κ1) is 20.7. The molecule has 1 fully saturated rings. The van der Waals surface area contributed by atoms with Gasteiger partial charge in [-0.05, 0) is 56.2 Å². The topological polar surface area (TPSA) is 73.7 Å². The molecule has 0 radical (unpaired) electrons. The number of hydrogen-bond donors (Lipinski definition) is 0. The van der Waals surface area contributed by atoms with Crippen molar-refractivity contribution in [2.24, 2.45) is 5.92 Å². The number of ether oxygens (including phenoxy) is 2. The van der Waals surface area contributed by atoms with Crippen LogP contribution >= 0.6 is 0 Å². The van der Waals surface area contributed by atoms with Crippen LogP contribution in [0.4, 0.5) is 0 Å². The maximum Gasteiger partial charge on any atom is 0.246 e. The highest BCUT2D eigenvalue weighted by Gasteiger charge is 2.30. The smallest absolute Gasteiger partial charge is 0.246 e. The van der Waals surface area contributed by atoms with E-state index in [0.29, 0.717) is 25.6 Å². The summed E-state index contributed by atoms with van der Waals surface area (Å²) in [7, 11) is -0.139. The normalized spacial score (nSPS) is 16.2. The lowest BCUT2D eigenvalue weighted by molar-refractivity contribution is 0.263. The molecule has 0 amide bonds. The lowest BCUT2D eigenvalue weighted by atomic mass is 9.91. The van der Waals surface area contributed by atoms with Crippen LogP contribution in [0.2, 0.25) is 0 Å². The summed E-state index contributed by atoms with van der Waals surface area (Å²) in [6, 6.07) is 5.94. The van der Waals surface area contributed by atoms with Crippen LogP contribution in [-0.4, -0.2) is 49.8 Å². The minimum Gasteiger partial charge on any atom is -0.497 e. The number of aromatic nitrogens is 2. The summed E-state index contributed by atoms with van der Waals surface area (Å²) >= 11 is 0. The summed E-state index contributed by atoms with van der Waals surface area (Å²) in [4.78, 5) is 0.288. The number of methoxy groups -OCH3 is 2. The van der Waals surface area contributed by atoms with Gasteiger partial charge in [0.05, 0.1) is 20.4 Å². The molecule has 0 N–H and O–H groups in total. The summed E-state index contributed by atoms with van der Waals surface area (Å²) in [6.45, 7) is 3.72. The monoisotopic (exact) mass is 407 g/mol. The molecule has 0 atom stereocenters. The van der Waals surface area contributed by atoms with Gasteiger partial charge in [0.2, 0.25) is 10.0 Å². The molecule has 2 aromatic rings. The van der Waals surface area contributed by atoms with E-state index in [1.165, 1.54) is 11.8 Å². The van der Waals surface area contributed by atoms with Crippen LogP contribution in [0.25, 0.3) is 0 Å². The number of benzene rings is 1. The average molecular weight is 408 g/mol. The van der Waals surface area contributed by atoms with E-state index in [2.05, 4.69) is 5.10 Å². The number of hydrogen-bond acceptors (Lipinski definition) is 5. The van der Waals surface area contributed by atoms with Crippen LogP contribution in [0.5, 0.6) is 11.5 Å². The van der Waals surface area contributed by atoms with Gasteiger partial charge >= 0.3 is 0 Å². The Bertz CT molecular complexity index is 864. The largest absolute Gasteiger partial charge is 0.497 e. The van der Waals surface area contributed by atoms with Gasteiger partial charge in [0.15, 0.2) is 0 Å². The third-order valence-electron chi connectivity index (χ3n) is 5.40. The maximum atomic E-state index is 12.8. The molecule has 0 aliphatic carbocycles. The minimum absolute atomic E-state index is 0.288. The fourth-order valence-electron chi connectivity index (χ4n) is 3.62. The van der Waals surface area contributed by atoms with Crippen LogP contribution in [0.3, 0.4) is 0 Å².